The topological polar surface area (TPSA) is 0 Å². The second kappa shape index (κ2) is 3.58. The molecule has 0 N–H and O–H groups in total. The standard InChI is InChI=1S/C11H20SSi/c1-8(2)10-7-11(12-9(10)3)13(4,5)6/h7-8H,1-6H3/i8D. The molecule has 1 aromatic rings. The van der Waals surface area contributed by atoms with Gasteiger partial charge in [-0.25, -0.2) is 0 Å². The quantitative estimate of drug-likeness (QED) is 0.657. The van der Waals surface area contributed by atoms with E-state index in [4.69, 9.17) is 1.37 Å². The molecule has 0 radical (unpaired) electrons. The van der Waals surface area contributed by atoms with Gasteiger partial charge in [0.2, 0.25) is 0 Å². The fraction of sp³-hybridized carbons (Fsp3) is 0.636. The van der Waals surface area contributed by atoms with Gasteiger partial charge in [-0.05, 0) is 28.9 Å². The Kier molecular flexibility index (Phi) is 2.61. The van der Waals surface area contributed by atoms with Crippen molar-refractivity contribution in [2.75, 3.05) is 0 Å². The SMILES string of the molecule is [2H]C(C)(C)c1cc([Si](C)(C)C)sc1C. The third kappa shape index (κ3) is 2.44. The molecule has 0 aromatic carbocycles. The van der Waals surface area contributed by atoms with Crippen molar-refractivity contribution in [1.29, 1.82) is 0 Å². The lowest BCUT2D eigenvalue weighted by Gasteiger charge is -2.12. The van der Waals surface area contributed by atoms with Gasteiger partial charge in [-0.15, -0.1) is 0 Å². The summed E-state index contributed by atoms with van der Waals surface area (Å²) in [6.45, 7) is 13.2. The van der Waals surface area contributed by atoms with Gasteiger partial charge >= 0.3 is 0 Å². The maximum absolute atomic E-state index is 8.05. The second-order valence-corrected chi connectivity index (χ2v) is 11.5. The number of aryl methyl sites for hydroxylation is 1. The van der Waals surface area contributed by atoms with E-state index in [-0.39, 0.29) is 0 Å². The van der Waals surface area contributed by atoms with Crippen LogP contribution >= 0.6 is 11.3 Å². The molecular formula is C11H20SSi. The van der Waals surface area contributed by atoms with Crippen molar-refractivity contribution in [3.8, 4) is 0 Å². The van der Waals surface area contributed by atoms with Crippen LogP contribution in [0.3, 0.4) is 0 Å². The fourth-order valence-electron chi connectivity index (χ4n) is 1.35. The van der Waals surface area contributed by atoms with Crippen molar-refractivity contribution in [3.05, 3.63) is 16.5 Å². The molecule has 0 nitrogen and oxygen atoms in total. The summed E-state index contributed by atoms with van der Waals surface area (Å²) in [5.41, 5.74) is 1.21. The van der Waals surface area contributed by atoms with Crippen LogP contribution in [-0.4, -0.2) is 8.07 Å². The lowest BCUT2D eigenvalue weighted by molar-refractivity contribution is 0.865. The third-order valence-corrected chi connectivity index (χ3v) is 6.83. The molecule has 2 heteroatoms. The van der Waals surface area contributed by atoms with Gasteiger partial charge in [0.15, 0.2) is 0 Å². The molecule has 0 saturated carbocycles. The van der Waals surface area contributed by atoms with Crippen LogP contribution in [0.25, 0.3) is 0 Å². The summed E-state index contributed by atoms with van der Waals surface area (Å²) < 4.78 is 9.57. The van der Waals surface area contributed by atoms with Gasteiger partial charge in [0.25, 0.3) is 0 Å². The van der Waals surface area contributed by atoms with E-state index < -0.39 is 14.0 Å². The van der Waals surface area contributed by atoms with E-state index in [9.17, 15) is 0 Å². The Balaban J connectivity index is 3.19. The van der Waals surface area contributed by atoms with E-state index in [1.807, 2.05) is 25.2 Å². The molecule has 0 amide bonds. The molecule has 0 aliphatic carbocycles. The van der Waals surface area contributed by atoms with E-state index in [1.165, 1.54) is 14.9 Å². The first kappa shape index (κ1) is 9.47. The summed E-state index contributed by atoms with van der Waals surface area (Å²) >= 11 is 1.89. The van der Waals surface area contributed by atoms with E-state index >= 15 is 0 Å². The monoisotopic (exact) mass is 213 g/mol. The van der Waals surface area contributed by atoms with Gasteiger partial charge in [-0.1, -0.05) is 33.5 Å². The van der Waals surface area contributed by atoms with Crippen molar-refractivity contribution in [2.24, 2.45) is 0 Å². The lowest BCUT2D eigenvalue weighted by atomic mass is 10.1. The van der Waals surface area contributed by atoms with E-state index in [1.54, 1.807) is 0 Å². The summed E-state index contributed by atoms with van der Waals surface area (Å²) in [7, 11) is -1.19. The van der Waals surface area contributed by atoms with Gasteiger partial charge in [-0.3, -0.25) is 0 Å². The highest BCUT2D eigenvalue weighted by atomic mass is 32.1. The average molecular weight is 213 g/mol. The highest BCUT2D eigenvalue weighted by Gasteiger charge is 2.20. The number of thiophene rings is 1. The average Bonchev–Trinajstić information content (AvgIpc) is 2.27. The highest BCUT2D eigenvalue weighted by molar-refractivity contribution is 7.26. The van der Waals surface area contributed by atoms with Crippen LogP contribution in [0.2, 0.25) is 19.6 Å². The van der Waals surface area contributed by atoms with Crippen LogP contribution in [0.15, 0.2) is 6.07 Å². The van der Waals surface area contributed by atoms with Crippen LogP contribution in [0, 0.1) is 6.92 Å². The molecule has 1 aromatic heterocycles. The molecule has 1 heterocycles. The Labute approximate surface area is 88.4 Å². The van der Waals surface area contributed by atoms with Crippen LogP contribution in [0.1, 0.15) is 31.6 Å². The van der Waals surface area contributed by atoms with Gasteiger partial charge < -0.3 is 0 Å². The molecule has 13 heavy (non-hydrogen) atoms. The Morgan fingerprint density at radius 2 is 1.92 bits per heavy atom. The molecule has 74 valence electrons. The van der Waals surface area contributed by atoms with E-state index in [0.717, 1.165) is 0 Å². The molecule has 1 rings (SSSR count). The smallest absolute Gasteiger partial charge is 0.0904 e. The maximum Gasteiger partial charge on any atom is 0.0904 e. The minimum atomic E-state index is -1.19. The molecule has 0 aliphatic rings. The Hall–Kier alpha value is -0.0831. The first-order chi connectivity index (χ1) is 6.12. The molecule has 0 saturated heterocycles. The zero-order valence-corrected chi connectivity index (χ0v) is 11.3. The van der Waals surface area contributed by atoms with Gasteiger partial charge in [0.05, 0.1) is 8.07 Å². The lowest BCUT2D eigenvalue weighted by Crippen LogP contribution is -2.34. The minimum Gasteiger partial charge on any atom is -0.150 e. The minimum absolute atomic E-state index is 0.446. The molecule has 0 fully saturated rings. The summed E-state index contributed by atoms with van der Waals surface area (Å²) in [6, 6.07) is 2.26. The first-order valence-corrected chi connectivity index (χ1v) is 9.05. The van der Waals surface area contributed by atoms with Gasteiger partial charge in [0.1, 0.15) is 0 Å². The van der Waals surface area contributed by atoms with Crippen molar-refractivity contribution >= 4 is 23.9 Å². The second-order valence-electron chi connectivity index (χ2n) is 4.83. The molecule has 0 spiro atoms. The van der Waals surface area contributed by atoms with Crippen molar-refractivity contribution in [2.45, 2.75) is 46.3 Å². The zero-order chi connectivity index (χ0) is 11.1. The molecular weight excluding hydrogens is 192 g/mol. The van der Waals surface area contributed by atoms with Crippen molar-refractivity contribution < 1.29 is 1.37 Å². The molecule has 0 atom stereocenters. The maximum atomic E-state index is 8.05. The molecule has 0 unspecified atom stereocenters. The van der Waals surface area contributed by atoms with Gasteiger partial charge in [-0.2, -0.15) is 11.3 Å². The number of hydrogen-bond donors (Lipinski definition) is 0. The largest absolute Gasteiger partial charge is 0.150 e. The summed E-state index contributed by atoms with van der Waals surface area (Å²) in [5, 5.41) is 0. The van der Waals surface area contributed by atoms with Crippen LogP contribution in [0.5, 0.6) is 0 Å². The number of hydrogen-bond acceptors (Lipinski definition) is 1. The van der Waals surface area contributed by atoms with Crippen molar-refractivity contribution in [1.82, 2.24) is 0 Å². The summed E-state index contributed by atoms with van der Waals surface area (Å²) in [4.78, 5) is 1.32. The zero-order valence-electron chi connectivity index (χ0n) is 10.5. The highest BCUT2D eigenvalue weighted by Crippen LogP contribution is 2.24. The Morgan fingerprint density at radius 1 is 1.38 bits per heavy atom. The van der Waals surface area contributed by atoms with E-state index in [2.05, 4.69) is 32.6 Å². The molecule has 0 aliphatic heterocycles. The van der Waals surface area contributed by atoms with Crippen LogP contribution in [0.4, 0.5) is 0 Å². The molecule has 0 bridgehead atoms. The predicted octanol–water partition coefficient (Wildman–Crippen LogP) is 3.73. The normalized spacial score (nSPS) is 14.5. The Bertz CT molecular complexity index is 328. The Morgan fingerprint density at radius 3 is 2.15 bits per heavy atom. The van der Waals surface area contributed by atoms with Crippen LogP contribution in [-0.2, 0) is 0 Å². The van der Waals surface area contributed by atoms with Crippen molar-refractivity contribution in [3.63, 3.8) is 0 Å². The van der Waals surface area contributed by atoms with Crippen LogP contribution < -0.4 is 4.50 Å². The van der Waals surface area contributed by atoms with E-state index in [0.29, 0.717) is 0 Å². The predicted molar refractivity (Wildman–Crippen MR) is 66.1 cm³/mol. The third-order valence-electron chi connectivity index (χ3n) is 2.20. The summed E-state index contributed by atoms with van der Waals surface area (Å²) in [6.07, 6.45) is 0. The number of rotatable bonds is 2. The van der Waals surface area contributed by atoms with Gasteiger partial charge in [0, 0.05) is 6.25 Å². The first-order valence-electron chi connectivity index (χ1n) is 5.24. The fourth-order valence-corrected chi connectivity index (χ4v) is 4.49. The summed E-state index contributed by atoms with van der Waals surface area (Å²) in [5.74, 6) is -0.446.